The number of nitrogens with zero attached hydrogens (tertiary/aromatic N) is 3. The SMILES string of the molecule is CN=C(NCc1cc(C(F)(F)F)ccc1N1CCN(C)CC1)NC1CC=CC1.I. The topological polar surface area (TPSA) is 42.9 Å². The molecule has 1 aliphatic carbocycles. The minimum absolute atomic E-state index is 0. The number of hydrogen-bond donors (Lipinski definition) is 2. The van der Waals surface area contributed by atoms with Crippen molar-refractivity contribution in [3.8, 4) is 0 Å². The Bertz CT molecular complexity index is 719. The van der Waals surface area contributed by atoms with Crippen molar-refractivity contribution in [2.45, 2.75) is 31.6 Å². The maximum absolute atomic E-state index is 13.2. The van der Waals surface area contributed by atoms with Crippen molar-refractivity contribution in [1.29, 1.82) is 0 Å². The van der Waals surface area contributed by atoms with Crippen molar-refractivity contribution in [1.82, 2.24) is 15.5 Å². The van der Waals surface area contributed by atoms with E-state index in [1.165, 1.54) is 12.1 Å². The number of benzene rings is 1. The number of halogens is 4. The highest BCUT2D eigenvalue weighted by Gasteiger charge is 2.31. The molecule has 0 spiro atoms. The second-order valence-corrected chi connectivity index (χ2v) is 7.34. The fourth-order valence-electron chi connectivity index (χ4n) is 3.56. The van der Waals surface area contributed by atoms with Gasteiger partial charge >= 0.3 is 6.18 Å². The van der Waals surface area contributed by atoms with Gasteiger partial charge in [-0.05, 0) is 43.7 Å². The Hall–Kier alpha value is -1.49. The summed E-state index contributed by atoms with van der Waals surface area (Å²) in [5.74, 6) is 0.607. The van der Waals surface area contributed by atoms with E-state index >= 15 is 0 Å². The van der Waals surface area contributed by atoms with Crippen LogP contribution >= 0.6 is 24.0 Å². The minimum atomic E-state index is -4.36. The second kappa shape index (κ2) is 10.5. The van der Waals surface area contributed by atoms with Crippen LogP contribution < -0.4 is 15.5 Å². The first-order valence-corrected chi connectivity index (χ1v) is 9.62. The molecule has 0 saturated carbocycles. The van der Waals surface area contributed by atoms with Gasteiger partial charge in [0.05, 0.1) is 5.56 Å². The molecule has 2 N–H and O–H groups in total. The number of hydrogen-bond acceptors (Lipinski definition) is 3. The zero-order chi connectivity index (χ0) is 20.1. The van der Waals surface area contributed by atoms with Gasteiger partial charge in [-0.1, -0.05) is 12.2 Å². The van der Waals surface area contributed by atoms with Gasteiger partial charge < -0.3 is 20.4 Å². The number of likely N-dealkylation sites (N-methyl/N-ethyl adjacent to an activating group) is 1. The van der Waals surface area contributed by atoms with E-state index in [9.17, 15) is 13.2 Å². The molecule has 0 aromatic heterocycles. The first kappa shape index (κ1) is 23.8. The van der Waals surface area contributed by atoms with Crippen LogP contribution in [0, 0.1) is 0 Å². The molecular weight excluding hydrogens is 494 g/mol. The Labute approximate surface area is 187 Å². The van der Waals surface area contributed by atoms with E-state index in [0.29, 0.717) is 11.5 Å². The molecule has 0 bridgehead atoms. The average molecular weight is 523 g/mol. The van der Waals surface area contributed by atoms with Gasteiger partial charge in [0.1, 0.15) is 0 Å². The van der Waals surface area contributed by atoms with E-state index < -0.39 is 11.7 Å². The Balaban J connectivity index is 0.00000300. The maximum atomic E-state index is 13.2. The van der Waals surface area contributed by atoms with Crippen molar-refractivity contribution in [3.05, 3.63) is 41.5 Å². The number of aliphatic imine (C=N–C) groups is 1. The monoisotopic (exact) mass is 523 g/mol. The standard InChI is InChI=1S/C20H28F3N5.HI/c1-24-19(26-17-5-3-4-6-17)25-14-15-13-16(20(21,22)23)7-8-18(15)28-11-9-27(2)10-12-28;/h3-4,7-8,13,17H,5-6,9-12,14H2,1-2H3,(H2,24,25,26);1H. The molecule has 162 valence electrons. The number of rotatable bonds is 4. The summed E-state index contributed by atoms with van der Waals surface area (Å²) in [5, 5.41) is 6.51. The lowest BCUT2D eigenvalue weighted by Gasteiger charge is -2.35. The van der Waals surface area contributed by atoms with Gasteiger partial charge in [-0.2, -0.15) is 13.2 Å². The predicted molar refractivity (Wildman–Crippen MR) is 122 cm³/mol. The Morgan fingerprint density at radius 1 is 1.14 bits per heavy atom. The van der Waals surface area contributed by atoms with Gasteiger partial charge in [-0.3, -0.25) is 4.99 Å². The van der Waals surface area contributed by atoms with Crippen LogP contribution in [0.5, 0.6) is 0 Å². The molecule has 1 aromatic carbocycles. The fourth-order valence-corrected chi connectivity index (χ4v) is 3.56. The zero-order valence-electron chi connectivity index (χ0n) is 16.8. The number of anilines is 1. The molecule has 0 unspecified atom stereocenters. The van der Waals surface area contributed by atoms with Crippen LogP contribution in [0.15, 0.2) is 35.3 Å². The van der Waals surface area contributed by atoms with Crippen molar-refractivity contribution < 1.29 is 13.2 Å². The van der Waals surface area contributed by atoms with Gasteiger partial charge in [-0.25, -0.2) is 0 Å². The summed E-state index contributed by atoms with van der Waals surface area (Å²) in [7, 11) is 3.73. The number of nitrogens with one attached hydrogen (secondary N) is 2. The van der Waals surface area contributed by atoms with E-state index in [-0.39, 0.29) is 36.6 Å². The molecule has 2 aliphatic rings. The van der Waals surface area contributed by atoms with Gasteiger partial charge in [0.15, 0.2) is 5.96 Å². The molecule has 0 radical (unpaired) electrons. The molecule has 1 saturated heterocycles. The predicted octanol–water partition coefficient (Wildman–Crippen LogP) is 3.46. The summed E-state index contributed by atoms with van der Waals surface area (Å²) in [4.78, 5) is 8.60. The zero-order valence-corrected chi connectivity index (χ0v) is 19.1. The third kappa shape index (κ3) is 6.50. The molecule has 9 heteroatoms. The largest absolute Gasteiger partial charge is 0.416 e. The normalized spacial score (nSPS) is 18.7. The minimum Gasteiger partial charge on any atom is -0.369 e. The Kier molecular flexibility index (Phi) is 8.62. The van der Waals surface area contributed by atoms with E-state index in [2.05, 4.69) is 44.6 Å². The first-order valence-electron chi connectivity index (χ1n) is 9.62. The van der Waals surface area contributed by atoms with Crippen molar-refractivity contribution in [2.75, 3.05) is 45.2 Å². The summed E-state index contributed by atoms with van der Waals surface area (Å²) < 4.78 is 39.7. The molecule has 0 atom stereocenters. The molecule has 29 heavy (non-hydrogen) atoms. The van der Waals surface area contributed by atoms with E-state index in [1.54, 1.807) is 13.1 Å². The van der Waals surface area contributed by atoms with Crippen LogP contribution in [-0.4, -0.2) is 57.2 Å². The summed E-state index contributed by atoms with van der Waals surface area (Å²) in [6.07, 6.45) is 1.73. The average Bonchev–Trinajstić information content (AvgIpc) is 3.18. The van der Waals surface area contributed by atoms with Gasteiger partial charge in [0.25, 0.3) is 0 Å². The van der Waals surface area contributed by atoms with Crippen molar-refractivity contribution >= 4 is 35.6 Å². The quantitative estimate of drug-likeness (QED) is 0.275. The highest BCUT2D eigenvalue weighted by molar-refractivity contribution is 14.0. The smallest absolute Gasteiger partial charge is 0.369 e. The fraction of sp³-hybridized carbons (Fsp3) is 0.550. The molecule has 1 aromatic rings. The summed E-state index contributed by atoms with van der Waals surface area (Å²) in [6, 6.07) is 4.31. The van der Waals surface area contributed by atoms with Gasteiger partial charge in [0, 0.05) is 51.5 Å². The van der Waals surface area contributed by atoms with E-state index in [4.69, 9.17) is 0 Å². The highest BCUT2D eigenvalue weighted by atomic mass is 127. The number of guanidine groups is 1. The molecule has 3 rings (SSSR count). The van der Waals surface area contributed by atoms with Crippen LogP contribution in [0.25, 0.3) is 0 Å². The van der Waals surface area contributed by atoms with Crippen molar-refractivity contribution in [2.24, 2.45) is 4.99 Å². The molecule has 1 fully saturated rings. The lowest BCUT2D eigenvalue weighted by molar-refractivity contribution is -0.137. The molecule has 0 amide bonds. The molecular formula is C20H29F3IN5. The first-order chi connectivity index (χ1) is 13.4. The highest BCUT2D eigenvalue weighted by Crippen LogP contribution is 2.33. The number of alkyl halides is 3. The summed E-state index contributed by atoms with van der Waals surface area (Å²) in [6.45, 7) is 3.67. The van der Waals surface area contributed by atoms with Crippen molar-refractivity contribution in [3.63, 3.8) is 0 Å². The lowest BCUT2D eigenvalue weighted by atomic mass is 10.1. The van der Waals surface area contributed by atoms with Crippen LogP contribution in [0.3, 0.4) is 0 Å². The lowest BCUT2D eigenvalue weighted by Crippen LogP contribution is -2.45. The summed E-state index contributed by atoms with van der Waals surface area (Å²) in [5.41, 5.74) is 0.864. The van der Waals surface area contributed by atoms with Gasteiger partial charge in [0.2, 0.25) is 0 Å². The third-order valence-corrected chi connectivity index (χ3v) is 5.27. The Morgan fingerprint density at radius 3 is 2.38 bits per heavy atom. The maximum Gasteiger partial charge on any atom is 0.416 e. The third-order valence-electron chi connectivity index (χ3n) is 5.27. The summed E-state index contributed by atoms with van der Waals surface area (Å²) >= 11 is 0. The molecule has 5 nitrogen and oxygen atoms in total. The Morgan fingerprint density at radius 2 is 1.79 bits per heavy atom. The van der Waals surface area contributed by atoms with E-state index in [0.717, 1.165) is 44.7 Å². The second-order valence-electron chi connectivity index (χ2n) is 7.34. The molecule has 1 aliphatic heterocycles. The van der Waals surface area contributed by atoms with E-state index in [1.807, 2.05) is 0 Å². The van der Waals surface area contributed by atoms with Crippen LogP contribution in [0.2, 0.25) is 0 Å². The van der Waals surface area contributed by atoms with Crippen LogP contribution in [0.4, 0.5) is 18.9 Å². The molecule has 1 heterocycles. The van der Waals surface area contributed by atoms with Crippen LogP contribution in [0.1, 0.15) is 24.0 Å². The van der Waals surface area contributed by atoms with Crippen LogP contribution in [-0.2, 0) is 12.7 Å². The van der Waals surface area contributed by atoms with Gasteiger partial charge in [-0.15, -0.1) is 24.0 Å². The number of piperazine rings is 1.